The maximum absolute atomic E-state index is 11.2. The summed E-state index contributed by atoms with van der Waals surface area (Å²) in [6.07, 6.45) is 4.17. The number of fused-ring (bicyclic) bond motifs is 1. The number of carboxylic acids is 1. The molecule has 0 amide bonds. The van der Waals surface area contributed by atoms with Crippen LogP contribution in [0, 0.1) is 12.8 Å². The van der Waals surface area contributed by atoms with Crippen LogP contribution in [0.1, 0.15) is 29.1 Å². The van der Waals surface area contributed by atoms with Gasteiger partial charge in [0.05, 0.1) is 5.92 Å². The molecule has 0 saturated carbocycles. The summed E-state index contributed by atoms with van der Waals surface area (Å²) >= 11 is 0. The van der Waals surface area contributed by atoms with Crippen LogP contribution in [0.15, 0.2) is 30.5 Å². The molecule has 1 aliphatic heterocycles. The summed E-state index contributed by atoms with van der Waals surface area (Å²) in [4.78, 5) is 15.7. The lowest BCUT2D eigenvalue weighted by molar-refractivity contribution is -0.142. The van der Waals surface area contributed by atoms with Crippen molar-refractivity contribution in [3.8, 4) is 0 Å². The van der Waals surface area contributed by atoms with Crippen molar-refractivity contribution in [2.24, 2.45) is 5.92 Å². The molecule has 1 aromatic heterocycles. The topological polar surface area (TPSA) is 55.1 Å². The van der Waals surface area contributed by atoms with E-state index in [0.29, 0.717) is 13.0 Å². The Hall–Kier alpha value is -2.10. The number of imidazole rings is 1. The minimum Gasteiger partial charge on any atom is -0.481 e. The Labute approximate surface area is 118 Å². The first-order valence-electron chi connectivity index (χ1n) is 6.95. The van der Waals surface area contributed by atoms with E-state index in [0.717, 1.165) is 24.4 Å². The van der Waals surface area contributed by atoms with Crippen molar-refractivity contribution in [2.75, 3.05) is 0 Å². The van der Waals surface area contributed by atoms with Crippen LogP contribution in [-0.2, 0) is 24.2 Å². The second-order valence-corrected chi connectivity index (χ2v) is 5.52. The zero-order valence-electron chi connectivity index (χ0n) is 11.5. The van der Waals surface area contributed by atoms with Crippen LogP contribution >= 0.6 is 0 Å². The molecule has 2 heterocycles. The summed E-state index contributed by atoms with van der Waals surface area (Å²) in [6.45, 7) is 2.62. The third-order valence-electron chi connectivity index (χ3n) is 3.97. The smallest absolute Gasteiger partial charge is 0.308 e. The summed E-state index contributed by atoms with van der Waals surface area (Å²) in [5, 5.41) is 9.18. The average Bonchev–Trinajstić information content (AvgIpc) is 2.81. The van der Waals surface area contributed by atoms with Gasteiger partial charge in [-0.2, -0.15) is 0 Å². The molecule has 0 spiro atoms. The van der Waals surface area contributed by atoms with Crippen LogP contribution in [0.25, 0.3) is 0 Å². The van der Waals surface area contributed by atoms with Gasteiger partial charge in [0, 0.05) is 24.9 Å². The lowest BCUT2D eigenvalue weighted by atomic mass is 9.98. The third-order valence-corrected chi connectivity index (χ3v) is 3.97. The Morgan fingerprint density at radius 3 is 3.10 bits per heavy atom. The van der Waals surface area contributed by atoms with Crippen molar-refractivity contribution < 1.29 is 9.90 Å². The number of aliphatic carboxylic acids is 1. The van der Waals surface area contributed by atoms with Gasteiger partial charge in [0.15, 0.2) is 0 Å². The first kappa shape index (κ1) is 12.9. The molecule has 1 atom stereocenters. The maximum Gasteiger partial charge on any atom is 0.308 e. The first-order chi connectivity index (χ1) is 9.63. The molecule has 1 unspecified atom stereocenters. The molecule has 1 N–H and O–H groups in total. The summed E-state index contributed by atoms with van der Waals surface area (Å²) in [7, 11) is 0. The summed E-state index contributed by atoms with van der Waals surface area (Å²) in [6, 6.07) is 8.36. The number of carbonyl (C=O) groups is 1. The molecule has 3 rings (SSSR count). The van der Waals surface area contributed by atoms with Crippen LogP contribution in [-0.4, -0.2) is 20.6 Å². The van der Waals surface area contributed by atoms with Gasteiger partial charge >= 0.3 is 5.97 Å². The van der Waals surface area contributed by atoms with Crippen molar-refractivity contribution in [3.05, 3.63) is 53.1 Å². The molecule has 1 aromatic carbocycles. The Morgan fingerprint density at radius 2 is 2.35 bits per heavy atom. The van der Waals surface area contributed by atoms with E-state index in [2.05, 4.69) is 34.7 Å². The van der Waals surface area contributed by atoms with E-state index in [4.69, 9.17) is 0 Å². The van der Waals surface area contributed by atoms with Gasteiger partial charge in [-0.1, -0.05) is 29.8 Å². The van der Waals surface area contributed by atoms with Gasteiger partial charge < -0.3 is 9.67 Å². The highest BCUT2D eigenvalue weighted by Crippen LogP contribution is 2.23. The molecule has 0 radical (unpaired) electrons. The van der Waals surface area contributed by atoms with Crippen LogP contribution in [0.5, 0.6) is 0 Å². The predicted octanol–water partition coefficient (Wildman–Crippen LogP) is 2.43. The van der Waals surface area contributed by atoms with Crippen molar-refractivity contribution in [1.29, 1.82) is 0 Å². The monoisotopic (exact) mass is 270 g/mol. The molecule has 0 saturated heterocycles. The molecule has 4 heteroatoms. The number of rotatable bonds is 3. The number of aryl methyl sites for hydroxylation is 2. The molecule has 0 aliphatic carbocycles. The molecule has 4 nitrogen and oxygen atoms in total. The predicted molar refractivity (Wildman–Crippen MR) is 75.7 cm³/mol. The van der Waals surface area contributed by atoms with E-state index in [-0.39, 0.29) is 5.92 Å². The lowest BCUT2D eigenvalue weighted by Crippen LogP contribution is -2.27. The highest BCUT2D eigenvalue weighted by Gasteiger charge is 2.26. The Kier molecular flexibility index (Phi) is 3.30. The fraction of sp³-hybridized carbons (Fsp3) is 0.375. The Morgan fingerprint density at radius 1 is 1.50 bits per heavy atom. The maximum atomic E-state index is 11.2. The average molecular weight is 270 g/mol. The van der Waals surface area contributed by atoms with Gasteiger partial charge in [0.1, 0.15) is 5.82 Å². The molecule has 0 fully saturated rings. The Bertz CT molecular complexity index is 646. The molecular formula is C16H18N2O2. The number of nitrogens with zero attached hydrogens (tertiary/aromatic N) is 2. The third kappa shape index (κ3) is 2.46. The number of aromatic nitrogens is 2. The summed E-state index contributed by atoms with van der Waals surface area (Å²) in [5.41, 5.74) is 3.61. The van der Waals surface area contributed by atoms with Crippen LogP contribution < -0.4 is 0 Å². The fourth-order valence-electron chi connectivity index (χ4n) is 2.86. The van der Waals surface area contributed by atoms with Gasteiger partial charge in [-0.25, -0.2) is 4.98 Å². The Balaban J connectivity index is 1.86. The number of hydrogen-bond donors (Lipinski definition) is 1. The standard InChI is InChI=1S/C16H18N2O2/c1-11-3-2-4-12(7-11)8-15-17-9-14-6-5-13(16(19)20)10-18(14)15/h2-4,7,9,13H,5-6,8,10H2,1H3,(H,19,20). The van der Waals surface area contributed by atoms with E-state index in [9.17, 15) is 9.90 Å². The molecule has 2 aromatic rings. The zero-order chi connectivity index (χ0) is 14.1. The van der Waals surface area contributed by atoms with Crippen molar-refractivity contribution in [3.63, 3.8) is 0 Å². The van der Waals surface area contributed by atoms with Crippen LogP contribution in [0.4, 0.5) is 0 Å². The van der Waals surface area contributed by atoms with Gasteiger partial charge in [-0.15, -0.1) is 0 Å². The highest BCUT2D eigenvalue weighted by atomic mass is 16.4. The SMILES string of the molecule is Cc1cccc(Cc2ncc3n2CC(C(=O)O)CC3)c1. The minimum atomic E-state index is -0.703. The number of benzene rings is 1. The van der Waals surface area contributed by atoms with Crippen molar-refractivity contribution >= 4 is 5.97 Å². The van der Waals surface area contributed by atoms with Crippen LogP contribution in [0.2, 0.25) is 0 Å². The van der Waals surface area contributed by atoms with E-state index >= 15 is 0 Å². The van der Waals surface area contributed by atoms with Gasteiger partial charge in [0.2, 0.25) is 0 Å². The fourth-order valence-corrected chi connectivity index (χ4v) is 2.86. The summed E-state index contributed by atoms with van der Waals surface area (Å²) in [5.74, 6) is -0.0182. The minimum absolute atomic E-state index is 0.284. The molecular weight excluding hydrogens is 252 g/mol. The van der Waals surface area contributed by atoms with Gasteiger partial charge in [-0.3, -0.25) is 4.79 Å². The van der Waals surface area contributed by atoms with Gasteiger partial charge in [0.25, 0.3) is 0 Å². The normalized spacial score (nSPS) is 17.8. The van der Waals surface area contributed by atoms with E-state index in [1.54, 1.807) is 0 Å². The van der Waals surface area contributed by atoms with Gasteiger partial charge in [-0.05, 0) is 25.3 Å². The highest BCUT2D eigenvalue weighted by molar-refractivity contribution is 5.70. The summed E-state index contributed by atoms with van der Waals surface area (Å²) < 4.78 is 2.09. The van der Waals surface area contributed by atoms with Crippen molar-refractivity contribution in [2.45, 2.75) is 32.7 Å². The molecule has 0 bridgehead atoms. The number of carboxylic acid groups (broad SMARTS) is 1. The quantitative estimate of drug-likeness (QED) is 0.932. The first-order valence-corrected chi connectivity index (χ1v) is 6.95. The van der Waals surface area contributed by atoms with E-state index < -0.39 is 5.97 Å². The van der Waals surface area contributed by atoms with Crippen LogP contribution in [0.3, 0.4) is 0 Å². The molecule has 1 aliphatic rings. The lowest BCUT2D eigenvalue weighted by Gasteiger charge is -2.22. The van der Waals surface area contributed by atoms with E-state index in [1.807, 2.05) is 12.3 Å². The molecule has 20 heavy (non-hydrogen) atoms. The second-order valence-electron chi connectivity index (χ2n) is 5.52. The largest absolute Gasteiger partial charge is 0.481 e. The number of hydrogen-bond acceptors (Lipinski definition) is 2. The molecule has 104 valence electrons. The van der Waals surface area contributed by atoms with E-state index in [1.165, 1.54) is 11.1 Å². The second kappa shape index (κ2) is 5.12. The zero-order valence-corrected chi connectivity index (χ0v) is 11.5. The van der Waals surface area contributed by atoms with Crippen molar-refractivity contribution in [1.82, 2.24) is 9.55 Å².